The fourth-order valence-corrected chi connectivity index (χ4v) is 2.29. The first-order chi connectivity index (χ1) is 9.34. The SMILES string of the molecule is CCOC(=O)C(C)CNCc1ccc(S(C)(=O)=O)cc1. The van der Waals surface area contributed by atoms with Crippen LogP contribution in [0.25, 0.3) is 0 Å². The summed E-state index contributed by atoms with van der Waals surface area (Å²) in [6, 6.07) is 6.69. The molecule has 1 N–H and O–H groups in total. The quantitative estimate of drug-likeness (QED) is 0.770. The van der Waals surface area contributed by atoms with Gasteiger partial charge in [-0.25, -0.2) is 8.42 Å². The Hall–Kier alpha value is -1.40. The number of sulfone groups is 1. The van der Waals surface area contributed by atoms with E-state index in [2.05, 4.69) is 5.32 Å². The Morgan fingerprint density at radius 3 is 2.40 bits per heavy atom. The summed E-state index contributed by atoms with van der Waals surface area (Å²) in [5.74, 6) is -0.419. The van der Waals surface area contributed by atoms with Crippen molar-refractivity contribution in [2.75, 3.05) is 19.4 Å². The third-order valence-electron chi connectivity index (χ3n) is 2.82. The number of carbonyl (C=O) groups excluding carboxylic acids is 1. The summed E-state index contributed by atoms with van der Waals surface area (Å²) >= 11 is 0. The normalized spacial score (nSPS) is 12.9. The molecular formula is C14H21NO4S. The second-order valence-electron chi connectivity index (χ2n) is 4.70. The maximum absolute atomic E-state index is 11.4. The predicted molar refractivity (Wildman–Crippen MR) is 77.1 cm³/mol. The van der Waals surface area contributed by atoms with Crippen LogP contribution in [0.15, 0.2) is 29.2 Å². The maximum atomic E-state index is 11.4. The zero-order chi connectivity index (χ0) is 15.2. The molecule has 20 heavy (non-hydrogen) atoms. The average molecular weight is 299 g/mol. The highest BCUT2D eigenvalue weighted by atomic mass is 32.2. The van der Waals surface area contributed by atoms with Gasteiger partial charge in [0.1, 0.15) is 0 Å². The van der Waals surface area contributed by atoms with Crippen molar-refractivity contribution in [3.63, 3.8) is 0 Å². The second kappa shape index (κ2) is 7.40. The molecule has 0 saturated carbocycles. The average Bonchev–Trinajstić information content (AvgIpc) is 2.38. The fourth-order valence-electron chi connectivity index (χ4n) is 1.66. The van der Waals surface area contributed by atoms with Crippen molar-refractivity contribution in [1.82, 2.24) is 5.32 Å². The van der Waals surface area contributed by atoms with Gasteiger partial charge in [0.05, 0.1) is 17.4 Å². The molecule has 0 saturated heterocycles. The minimum Gasteiger partial charge on any atom is -0.466 e. The van der Waals surface area contributed by atoms with Gasteiger partial charge in [-0.1, -0.05) is 19.1 Å². The highest BCUT2D eigenvalue weighted by molar-refractivity contribution is 7.90. The summed E-state index contributed by atoms with van der Waals surface area (Å²) in [5.41, 5.74) is 0.966. The lowest BCUT2D eigenvalue weighted by molar-refractivity contribution is -0.147. The Labute approximate surface area is 120 Å². The molecule has 1 aromatic carbocycles. The van der Waals surface area contributed by atoms with Crippen LogP contribution in [0.4, 0.5) is 0 Å². The summed E-state index contributed by atoms with van der Waals surface area (Å²) in [7, 11) is -3.15. The van der Waals surface area contributed by atoms with Crippen molar-refractivity contribution in [2.45, 2.75) is 25.3 Å². The van der Waals surface area contributed by atoms with Crippen LogP contribution in [-0.4, -0.2) is 33.8 Å². The number of hydrogen-bond donors (Lipinski definition) is 1. The molecule has 0 aliphatic heterocycles. The molecule has 0 bridgehead atoms. The molecular weight excluding hydrogens is 278 g/mol. The summed E-state index contributed by atoms with van der Waals surface area (Å²) in [4.78, 5) is 11.7. The van der Waals surface area contributed by atoms with E-state index in [9.17, 15) is 13.2 Å². The van der Waals surface area contributed by atoms with Gasteiger partial charge in [0, 0.05) is 19.3 Å². The zero-order valence-electron chi connectivity index (χ0n) is 12.0. The Kier molecular flexibility index (Phi) is 6.16. The van der Waals surface area contributed by atoms with Gasteiger partial charge in [0.2, 0.25) is 0 Å². The molecule has 0 heterocycles. The summed E-state index contributed by atoms with van der Waals surface area (Å²) in [6.07, 6.45) is 1.18. The predicted octanol–water partition coefficient (Wildman–Crippen LogP) is 1.38. The minimum atomic E-state index is -3.15. The van der Waals surface area contributed by atoms with Crippen LogP contribution in [0.3, 0.4) is 0 Å². The van der Waals surface area contributed by atoms with Crippen molar-refractivity contribution in [1.29, 1.82) is 0 Å². The summed E-state index contributed by atoms with van der Waals surface area (Å²) in [5, 5.41) is 3.15. The first-order valence-corrected chi connectivity index (χ1v) is 8.40. The van der Waals surface area contributed by atoms with Gasteiger partial charge in [0.25, 0.3) is 0 Å². The van der Waals surface area contributed by atoms with E-state index in [0.29, 0.717) is 24.6 Å². The maximum Gasteiger partial charge on any atom is 0.309 e. The van der Waals surface area contributed by atoms with Gasteiger partial charge >= 0.3 is 5.97 Å². The molecule has 0 aromatic heterocycles. The highest BCUT2D eigenvalue weighted by Gasteiger charge is 2.13. The lowest BCUT2D eigenvalue weighted by atomic mass is 10.1. The molecule has 0 aliphatic rings. The lowest BCUT2D eigenvalue weighted by Crippen LogP contribution is -2.27. The van der Waals surface area contributed by atoms with Crippen molar-refractivity contribution in [3.05, 3.63) is 29.8 Å². The van der Waals surface area contributed by atoms with Crippen molar-refractivity contribution < 1.29 is 17.9 Å². The standard InChI is InChI=1S/C14H21NO4S/c1-4-19-14(16)11(2)9-15-10-12-5-7-13(8-6-12)20(3,17)18/h5-8,11,15H,4,9-10H2,1-3H3. The molecule has 0 radical (unpaired) electrons. The van der Waals surface area contributed by atoms with Crippen LogP contribution in [0.2, 0.25) is 0 Å². The molecule has 5 nitrogen and oxygen atoms in total. The Balaban J connectivity index is 2.45. The molecule has 0 spiro atoms. The number of rotatable bonds is 7. The van der Waals surface area contributed by atoms with E-state index in [-0.39, 0.29) is 11.9 Å². The fraction of sp³-hybridized carbons (Fsp3) is 0.500. The van der Waals surface area contributed by atoms with Gasteiger partial charge in [-0.15, -0.1) is 0 Å². The van der Waals surface area contributed by atoms with Gasteiger partial charge in [0.15, 0.2) is 9.84 Å². The van der Waals surface area contributed by atoms with E-state index in [1.54, 1.807) is 38.1 Å². The third-order valence-corrected chi connectivity index (χ3v) is 3.95. The Morgan fingerprint density at radius 2 is 1.90 bits per heavy atom. The van der Waals surface area contributed by atoms with E-state index >= 15 is 0 Å². The van der Waals surface area contributed by atoms with Gasteiger partial charge in [-0.05, 0) is 24.6 Å². The Morgan fingerprint density at radius 1 is 1.30 bits per heavy atom. The number of benzene rings is 1. The molecule has 112 valence electrons. The highest BCUT2D eigenvalue weighted by Crippen LogP contribution is 2.10. The molecule has 0 aliphatic carbocycles. The largest absolute Gasteiger partial charge is 0.466 e. The van der Waals surface area contributed by atoms with Crippen molar-refractivity contribution in [3.8, 4) is 0 Å². The van der Waals surface area contributed by atoms with Crippen LogP contribution in [0.5, 0.6) is 0 Å². The molecule has 1 aromatic rings. The monoisotopic (exact) mass is 299 g/mol. The van der Waals surface area contributed by atoms with E-state index in [1.807, 2.05) is 0 Å². The van der Waals surface area contributed by atoms with Crippen LogP contribution >= 0.6 is 0 Å². The molecule has 0 fully saturated rings. The first kappa shape index (κ1) is 16.7. The number of ether oxygens (including phenoxy) is 1. The smallest absolute Gasteiger partial charge is 0.309 e. The van der Waals surface area contributed by atoms with Gasteiger partial charge in [-0.2, -0.15) is 0 Å². The molecule has 1 atom stereocenters. The number of carbonyl (C=O) groups is 1. The number of hydrogen-bond acceptors (Lipinski definition) is 5. The second-order valence-corrected chi connectivity index (χ2v) is 6.72. The third kappa shape index (κ3) is 5.30. The first-order valence-electron chi connectivity index (χ1n) is 6.51. The summed E-state index contributed by atoms with van der Waals surface area (Å²) in [6.45, 7) is 5.07. The Bertz CT molecular complexity index is 537. The molecule has 0 amide bonds. The topological polar surface area (TPSA) is 72.5 Å². The molecule has 1 unspecified atom stereocenters. The zero-order valence-corrected chi connectivity index (χ0v) is 12.9. The number of nitrogens with one attached hydrogen (secondary N) is 1. The van der Waals surface area contributed by atoms with Crippen LogP contribution in [-0.2, 0) is 25.9 Å². The lowest BCUT2D eigenvalue weighted by Gasteiger charge is -2.11. The van der Waals surface area contributed by atoms with E-state index < -0.39 is 9.84 Å². The van der Waals surface area contributed by atoms with Crippen molar-refractivity contribution >= 4 is 15.8 Å². The van der Waals surface area contributed by atoms with Gasteiger partial charge in [-0.3, -0.25) is 4.79 Å². The van der Waals surface area contributed by atoms with E-state index in [1.165, 1.54) is 6.26 Å². The van der Waals surface area contributed by atoms with E-state index in [0.717, 1.165) is 5.56 Å². The summed E-state index contributed by atoms with van der Waals surface area (Å²) < 4.78 is 27.5. The van der Waals surface area contributed by atoms with Gasteiger partial charge < -0.3 is 10.1 Å². The van der Waals surface area contributed by atoms with Crippen LogP contribution in [0.1, 0.15) is 19.4 Å². The molecule has 6 heteroatoms. The van der Waals surface area contributed by atoms with Crippen LogP contribution in [0, 0.1) is 5.92 Å². The molecule has 1 rings (SSSR count). The van der Waals surface area contributed by atoms with E-state index in [4.69, 9.17) is 4.74 Å². The minimum absolute atomic E-state index is 0.203. The number of esters is 1. The van der Waals surface area contributed by atoms with Crippen molar-refractivity contribution in [2.24, 2.45) is 5.92 Å². The van der Waals surface area contributed by atoms with Crippen LogP contribution < -0.4 is 5.32 Å².